The summed E-state index contributed by atoms with van der Waals surface area (Å²) in [6, 6.07) is 12.3. The number of hydrogen-bond acceptors (Lipinski definition) is 5. The number of ether oxygens (including phenoxy) is 1. The third kappa shape index (κ3) is 13.0. The van der Waals surface area contributed by atoms with E-state index in [-0.39, 0.29) is 30.0 Å². The Hall–Kier alpha value is -3.55. The zero-order chi connectivity index (χ0) is 32.7. The summed E-state index contributed by atoms with van der Waals surface area (Å²) in [5, 5.41) is 15.8. The topological polar surface area (TPSA) is 108 Å². The van der Waals surface area contributed by atoms with Crippen molar-refractivity contribution >= 4 is 17.9 Å². The van der Waals surface area contributed by atoms with E-state index in [0.717, 1.165) is 61.6 Å². The fraction of sp³-hybridized carbons (Fsp3) is 0.583. The predicted molar refractivity (Wildman–Crippen MR) is 176 cm³/mol. The number of amides is 3. The van der Waals surface area contributed by atoms with E-state index in [2.05, 4.69) is 24.5 Å². The average molecular weight is 610 g/mol. The van der Waals surface area contributed by atoms with Crippen molar-refractivity contribution in [3.8, 4) is 5.75 Å². The molecule has 2 aromatic rings. The molecule has 3 amide bonds. The van der Waals surface area contributed by atoms with Gasteiger partial charge in [0.1, 0.15) is 23.4 Å². The lowest BCUT2D eigenvalue weighted by atomic mass is 9.98. The molecule has 2 aromatic carbocycles. The molecule has 8 heteroatoms. The molecule has 3 N–H and O–H groups in total. The molecule has 0 fully saturated rings. The van der Waals surface area contributed by atoms with E-state index in [4.69, 9.17) is 4.74 Å². The number of aryl methyl sites for hydroxylation is 1. The van der Waals surface area contributed by atoms with Crippen LogP contribution in [0.2, 0.25) is 0 Å². The number of phenolic OH excluding ortho intramolecular Hbond substituents is 1. The van der Waals surface area contributed by atoms with Gasteiger partial charge in [0.15, 0.2) is 0 Å². The zero-order valence-electron chi connectivity index (χ0n) is 27.9. The maximum absolute atomic E-state index is 14.6. The number of benzene rings is 2. The van der Waals surface area contributed by atoms with Gasteiger partial charge in [0.2, 0.25) is 11.8 Å². The molecule has 2 rings (SSSR count). The molecule has 0 aliphatic carbocycles. The Morgan fingerprint density at radius 3 is 2.18 bits per heavy atom. The van der Waals surface area contributed by atoms with Crippen LogP contribution in [0.3, 0.4) is 0 Å². The molecular formula is C36H55N3O5. The van der Waals surface area contributed by atoms with Crippen LogP contribution in [0.15, 0.2) is 48.5 Å². The second-order valence-electron chi connectivity index (χ2n) is 12.9. The van der Waals surface area contributed by atoms with Gasteiger partial charge in [-0.25, -0.2) is 4.79 Å². The molecule has 0 bridgehead atoms. The second kappa shape index (κ2) is 18.3. The summed E-state index contributed by atoms with van der Waals surface area (Å²) in [7, 11) is 0. The smallest absolute Gasteiger partial charge is 0.408 e. The minimum atomic E-state index is -0.998. The lowest BCUT2D eigenvalue weighted by Crippen LogP contribution is -2.54. The Balaban J connectivity index is 2.55. The monoisotopic (exact) mass is 609 g/mol. The van der Waals surface area contributed by atoms with Crippen LogP contribution < -0.4 is 10.6 Å². The first kappa shape index (κ1) is 36.6. The number of carbonyl (C=O) groups excluding carboxylic acids is 3. The molecule has 0 spiro atoms. The van der Waals surface area contributed by atoms with E-state index in [1.54, 1.807) is 49.9 Å². The Kier molecular flexibility index (Phi) is 15.2. The molecule has 0 heterocycles. The highest BCUT2D eigenvalue weighted by molar-refractivity contribution is 5.92. The number of nitrogens with one attached hydrogen (secondary N) is 2. The number of carbonyl (C=O) groups is 3. The van der Waals surface area contributed by atoms with E-state index in [1.807, 2.05) is 38.1 Å². The number of alkyl carbamates (subject to hydrolysis) is 1. The molecule has 0 aliphatic heterocycles. The minimum absolute atomic E-state index is 0.0570. The maximum atomic E-state index is 14.6. The Bertz CT molecular complexity index is 1180. The number of unbranched alkanes of at least 4 members (excludes halogenated alkanes) is 5. The third-order valence-electron chi connectivity index (χ3n) is 7.43. The summed E-state index contributed by atoms with van der Waals surface area (Å²) in [4.78, 5) is 43.3. The molecular weight excluding hydrogens is 554 g/mol. The lowest BCUT2D eigenvalue weighted by molar-refractivity contribution is -0.142. The molecule has 0 aromatic heterocycles. The van der Waals surface area contributed by atoms with Crippen molar-refractivity contribution < 1.29 is 24.2 Å². The van der Waals surface area contributed by atoms with Crippen LogP contribution in [-0.4, -0.2) is 52.1 Å². The van der Waals surface area contributed by atoms with Gasteiger partial charge in [-0.05, 0) is 70.7 Å². The van der Waals surface area contributed by atoms with Gasteiger partial charge in [-0.3, -0.25) is 9.59 Å². The molecule has 3 unspecified atom stereocenters. The van der Waals surface area contributed by atoms with Crippen molar-refractivity contribution in [2.45, 2.75) is 130 Å². The predicted octanol–water partition coefficient (Wildman–Crippen LogP) is 7.37. The van der Waals surface area contributed by atoms with Crippen LogP contribution >= 0.6 is 0 Å². The molecule has 44 heavy (non-hydrogen) atoms. The maximum Gasteiger partial charge on any atom is 0.408 e. The third-order valence-corrected chi connectivity index (χ3v) is 7.43. The summed E-state index contributed by atoms with van der Waals surface area (Å²) < 4.78 is 5.54. The summed E-state index contributed by atoms with van der Waals surface area (Å²) in [6.45, 7) is 13.9. The molecule has 8 nitrogen and oxygen atoms in total. The number of aromatic hydroxyl groups is 1. The van der Waals surface area contributed by atoms with Gasteiger partial charge < -0.3 is 25.4 Å². The quantitative estimate of drug-likeness (QED) is 0.162. The lowest BCUT2D eigenvalue weighted by Gasteiger charge is -2.35. The number of nitrogens with zero attached hydrogens (tertiary/aromatic N) is 1. The highest BCUT2D eigenvalue weighted by Gasteiger charge is 2.36. The summed E-state index contributed by atoms with van der Waals surface area (Å²) in [5.41, 5.74) is 1.71. The van der Waals surface area contributed by atoms with Crippen molar-refractivity contribution in [3.05, 3.63) is 65.2 Å². The average Bonchev–Trinajstić information content (AvgIpc) is 2.93. The van der Waals surface area contributed by atoms with Crippen molar-refractivity contribution in [3.63, 3.8) is 0 Å². The van der Waals surface area contributed by atoms with Crippen molar-refractivity contribution in [2.24, 2.45) is 0 Å². The molecule has 0 saturated heterocycles. The molecule has 3 atom stereocenters. The Labute approximate surface area is 264 Å². The largest absolute Gasteiger partial charge is 0.508 e. The number of phenols is 1. The van der Waals surface area contributed by atoms with Gasteiger partial charge in [0.05, 0.1) is 0 Å². The number of rotatable bonds is 17. The van der Waals surface area contributed by atoms with Crippen LogP contribution in [0.5, 0.6) is 5.75 Å². The van der Waals surface area contributed by atoms with E-state index < -0.39 is 23.8 Å². The zero-order valence-corrected chi connectivity index (χ0v) is 27.9. The normalized spacial score (nSPS) is 13.4. The van der Waals surface area contributed by atoms with Crippen molar-refractivity contribution in [1.29, 1.82) is 0 Å². The van der Waals surface area contributed by atoms with Gasteiger partial charge in [0.25, 0.3) is 0 Å². The number of hydrogen-bond donors (Lipinski definition) is 3. The van der Waals surface area contributed by atoms with Crippen LogP contribution in [0.4, 0.5) is 4.79 Å². The fourth-order valence-electron chi connectivity index (χ4n) is 5.29. The van der Waals surface area contributed by atoms with Gasteiger partial charge in [-0.15, -0.1) is 0 Å². The first-order valence-electron chi connectivity index (χ1n) is 16.3. The second-order valence-corrected chi connectivity index (χ2v) is 12.9. The van der Waals surface area contributed by atoms with Crippen LogP contribution in [0.25, 0.3) is 0 Å². The SMILES string of the molecule is CCCCCCCCN(C(=O)C(Cc1ccc(O)cc1)NC(=O)OC(C)(C)C)C(C(=O)NC(C)CCC)c1cccc(C)c1. The van der Waals surface area contributed by atoms with Crippen molar-refractivity contribution in [1.82, 2.24) is 15.5 Å². The Morgan fingerprint density at radius 1 is 0.909 bits per heavy atom. The van der Waals surface area contributed by atoms with Gasteiger partial charge in [-0.1, -0.05) is 94.3 Å². The minimum Gasteiger partial charge on any atom is -0.508 e. The molecule has 244 valence electrons. The molecule has 0 aliphatic rings. The summed E-state index contributed by atoms with van der Waals surface area (Å²) >= 11 is 0. The van der Waals surface area contributed by atoms with Gasteiger partial charge >= 0.3 is 6.09 Å². The van der Waals surface area contributed by atoms with E-state index >= 15 is 0 Å². The highest BCUT2D eigenvalue weighted by Crippen LogP contribution is 2.26. The summed E-state index contributed by atoms with van der Waals surface area (Å²) in [5.74, 6) is -0.488. The van der Waals surface area contributed by atoms with Gasteiger partial charge in [-0.2, -0.15) is 0 Å². The van der Waals surface area contributed by atoms with E-state index in [9.17, 15) is 19.5 Å². The van der Waals surface area contributed by atoms with Gasteiger partial charge in [0, 0.05) is 19.0 Å². The molecule has 0 radical (unpaired) electrons. The van der Waals surface area contributed by atoms with Crippen molar-refractivity contribution in [2.75, 3.05) is 6.54 Å². The fourth-order valence-corrected chi connectivity index (χ4v) is 5.29. The summed E-state index contributed by atoms with van der Waals surface area (Å²) in [6.07, 6.45) is 7.36. The van der Waals surface area contributed by atoms with E-state index in [0.29, 0.717) is 6.54 Å². The highest BCUT2D eigenvalue weighted by atomic mass is 16.6. The first-order valence-corrected chi connectivity index (χ1v) is 16.3. The Morgan fingerprint density at radius 2 is 1.57 bits per heavy atom. The van der Waals surface area contributed by atoms with Crippen LogP contribution in [0.1, 0.15) is 116 Å². The van der Waals surface area contributed by atoms with Crippen LogP contribution in [-0.2, 0) is 20.7 Å². The standard InChI is InChI=1S/C36H55N3O5/c1-8-10-11-12-13-14-23-39(32(29-18-15-17-26(3)24-29)33(41)37-27(4)16-9-2)34(42)31(38-35(43)44-36(5,6)7)25-28-19-21-30(40)22-20-28/h15,17-22,24,27,31-32,40H,8-14,16,23,25H2,1-7H3,(H,37,41)(H,38,43). The van der Waals surface area contributed by atoms with E-state index in [1.165, 1.54) is 6.42 Å². The first-order chi connectivity index (χ1) is 20.8. The molecule has 0 saturated carbocycles. The van der Waals surface area contributed by atoms with Crippen LogP contribution in [0, 0.1) is 6.92 Å².